The van der Waals surface area contributed by atoms with Crippen LogP contribution in [0.25, 0.3) is 0 Å². The minimum Gasteiger partial charge on any atom is -0.310 e. The summed E-state index contributed by atoms with van der Waals surface area (Å²) in [7, 11) is 0. The molecule has 1 aliphatic rings. The van der Waals surface area contributed by atoms with Crippen molar-refractivity contribution in [1.29, 1.82) is 0 Å². The molecule has 0 aromatic heterocycles. The molecule has 0 radical (unpaired) electrons. The van der Waals surface area contributed by atoms with Crippen molar-refractivity contribution >= 4 is 12.4 Å². The molecular formula is C6H11ClFN. The average molecular weight is 152 g/mol. The Labute approximate surface area is 60.7 Å². The van der Waals surface area contributed by atoms with Gasteiger partial charge >= 0.3 is 0 Å². The van der Waals surface area contributed by atoms with Crippen LogP contribution in [0.1, 0.15) is 6.42 Å². The number of nitrogens with one attached hydrogen (secondary N) is 1. The standard InChI is InChI=1S/C6H10FN.ClH/c1-2-3-6(7)4-8-5-6;/h2,8H,1,3-5H2;1H. The zero-order valence-electron chi connectivity index (χ0n) is 5.19. The molecule has 0 saturated carbocycles. The summed E-state index contributed by atoms with van der Waals surface area (Å²) in [5.74, 6) is 0. The van der Waals surface area contributed by atoms with Crippen LogP contribution < -0.4 is 5.32 Å². The number of rotatable bonds is 2. The lowest BCUT2D eigenvalue weighted by Gasteiger charge is -2.33. The van der Waals surface area contributed by atoms with E-state index in [1.54, 1.807) is 6.08 Å². The molecule has 0 aliphatic carbocycles. The van der Waals surface area contributed by atoms with Crippen LogP contribution in [0.5, 0.6) is 0 Å². The maximum atomic E-state index is 12.8. The molecule has 1 rings (SSSR count). The van der Waals surface area contributed by atoms with Gasteiger partial charge in [-0.15, -0.1) is 19.0 Å². The number of hydrogen-bond donors (Lipinski definition) is 1. The van der Waals surface area contributed by atoms with E-state index in [0.29, 0.717) is 19.5 Å². The van der Waals surface area contributed by atoms with Gasteiger partial charge in [0.2, 0.25) is 0 Å². The topological polar surface area (TPSA) is 12.0 Å². The van der Waals surface area contributed by atoms with Crippen molar-refractivity contribution < 1.29 is 4.39 Å². The molecule has 0 aromatic rings. The zero-order chi connectivity index (χ0) is 6.04. The average Bonchev–Trinajstić information content (AvgIpc) is 1.64. The van der Waals surface area contributed by atoms with Crippen molar-refractivity contribution in [2.45, 2.75) is 12.1 Å². The molecule has 1 aliphatic heterocycles. The van der Waals surface area contributed by atoms with Gasteiger partial charge in [-0.25, -0.2) is 4.39 Å². The second-order valence-electron chi connectivity index (χ2n) is 2.25. The minimum absolute atomic E-state index is 0. The van der Waals surface area contributed by atoms with Gasteiger partial charge < -0.3 is 5.32 Å². The van der Waals surface area contributed by atoms with Gasteiger partial charge in [-0.2, -0.15) is 0 Å². The Morgan fingerprint density at radius 3 is 2.33 bits per heavy atom. The summed E-state index contributed by atoms with van der Waals surface area (Å²) < 4.78 is 12.8. The SMILES string of the molecule is C=CCC1(F)CNC1.Cl. The van der Waals surface area contributed by atoms with Gasteiger partial charge in [0.05, 0.1) is 0 Å². The van der Waals surface area contributed by atoms with E-state index in [9.17, 15) is 4.39 Å². The lowest BCUT2D eigenvalue weighted by atomic mass is 9.96. The number of allylic oxidation sites excluding steroid dienone is 1. The predicted molar refractivity (Wildman–Crippen MR) is 38.8 cm³/mol. The smallest absolute Gasteiger partial charge is 0.139 e. The highest BCUT2D eigenvalue weighted by Gasteiger charge is 2.34. The zero-order valence-corrected chi connectivity index (χ0v) is 6.01. The van der Waals surface area contributed by atoms with Gasteiger partial charge in [0.15, 0.2) is 0 Å². The first kappa shape index (κ1) is 8.92. The third-order valence-corrected chi connectivity index (χ3v) is 1.39. The van der Waals surface area contributed by atoms with Crippen LogP contribution >= 0.6 is 12.4 Å². The van der Waals surface area contributed by atoms with Gasteiger partial charge in [-0.05, 0) is 0 Å². The van der Waals surface area contributed by atoms with Crippen molar-refractivity contribution in [2.24, 2.45) is 0 Å². The van der Waals surface area contributed by atoms with E-state index in [4.69, 9.17) is 0 Å². The number of hydrogen-bond acceptors (Lipinski definition) is 1. The second-order valence-corrected chi connectivity index (χ2v) is 2.25. The van der Waals surface area contributed by atoms with E-state index in [1.165, 1.54) is 0 Å². The Bertz CT molecular complexity index is 101. The van der Waals surface area contributed by atoms with E-state index in [0.717, 1.165) is 0 Å². The van der Waals surface area contributed by atoms with Gasteiger partial charge in [-0.3, -0.25) is 0 Å². The Morgan fingerprint density at radius 1 is 1.67 bits per heavy atom. The third kappa shape index (κ3) is 1.95. The highest BCUT2D eigenvalue weighted by molar-refractivity contribution is 5.85. The minimum atomic E-state index is -0.957. The van der Waals surface area contributed by atoms with Crippen LogP contribution in [0, 0.1) is 0 Å². The molecule has 0 bridgehead atoms. The summed E-state index contributed by atoms with van der Waals surface area (Å²) in [5, 5.41) is 2.86. The first-order chi connectivity index (χ1) is 3.77. The molecule has 3 heteroatoms. The largest absolute Gasteiger partial charge is 0.310 e. The predicted octanol–water partition coefficient (Wildman–Crippen LogP) is 1.30. The van der Waals surface area contributed by atoms with E-state index < -0.39 is 5.67 Å². The maximum absolute atomic E-state index is 12.8. The monoisotopic (exact) mass is 151 g/mol. The Kier molecular flexibility index (Phi) is 3.15. The molecule has 1 N–H and O–H groups in total. The van der Waals surface area contributed by atoms with Crippen molar-refractivity contribution in [3.63, 3.8) is 0 Å². The molecule has 1 heterocycles. The summed E-state index contributed by atoms with van der Waals surface area (Å²) in [5.41, 5.74) is -0.957. The van der Waals surface area contributed by atoms with Gasteiger partial charge in [-0.1, -0.05) is 6.08 Å². The Morgan fingerprint density at radius 2 is 2.22 bits per heavy atom. The normalized spacial score (nSPS) is 21.4. The van der Waals surface area contributed by atoms with Crippen molar-refractivity contribution in [3.8, 4) is 0 Å². The van der Waals surface area contributed by atoms with Crippen LogP contribution in [0.3, 0.4) is 0 Å². The molecule has 54 valence electrons. The summed E-state index contributed by atoms with van der Waals surface area (Å²) in [6.07, 6.45) is 2.11. The van der Waals surface area contributed by atoms with Crippen molar-refractivity contribution in [2.75, 3.05) is 13.1 Å². The van der Waals surface area contributed by atoms with Gasteiger partial charge in [0, 0.05) is 19.5 Å². The molecule has 0 amide bonds. The maximum Gasteiger partial charge on any atom is 0.139 e. The van der Waals surface area contributed by atoms with Crippen LogP contribution in [-0.4, -0.2) is 18.8 Å². The first-order valence-corrected chi connectivity index (χ1v) is 2.77. The fraction of sp³-hybridized carbons (Fsp3) is 0.667. The fourth-order valence-electron chi connectivity index (χ4n) is 0.799. The van der Waals surface area contributed by atoms with Crippen molar-refractivity contribution in [3.05, 3.63) is 12.7 Å². The molecule has 0 aromatic carbocycles. The fourth-order valence-corrected chi connectivity index (χ4v) is 0.799. The summed E-state index contributed by atoms with van der Waals surface area (Å²) in [4.78, 5) is 0. The molecule has 1 saturated heterocycles. The highest BCUT2D eigenvalue weighted by atomic mass is 35.5. The van der Waals surface area contributed by atoms with E-state index >= 15 is 0 Å². The molecule has 1 fully saturated rings. The molecule has 0 spiro atoms. The van der Waals surface area contributed by atoms with Crippen LogP contribution in [0.4, 0.5) is 4.39 Å². The van der Waals surface area contributed by atoms with Gasteiger partial charge in [0.1, 0.15) is 5.67 Å². The Hall–Kier alpha value is -0.0800. The number of alkyl halides is 1. The quantitative estimate of drug-likeness (QED) is 0.587. The second kappa shape index (κ2) is 3.18. The lowest BCUT2D eigenvalue weighted by Crippen LogP contribution is -2.55. The lowest BCUT2D eigenvalue weighted by molar-refractivity contribution is 0.0944. The van der Waals surface area contributed by atoms with E-state index in [1.807, 2.05) is 0 Å². The van der Waals surface area contributed by atoms with Crippen LogP contribution in [-0.2, 0) is 0 Å². The van der Waals surface area contributed by atoms with E-state index in [-0.39, 0.29) is 12.4 Å². The third-order valence-electron chi connectivity index (χ3n) is 1.39. The van der Waals surface area contributed by atoms with E-state index in [2.05, 4.69) is 11.9 Å². The van der Waals surface area contributed by atoms with Gasteiger partial charge in [0.25, 0.3) is 0 Å². The first-order valence-electron chi connectivity index (χ1n) is 2.77. The summed E-state index contributed by atoms with van der Waals surface area (Å²) in [6.45, 7) is 4.46. The highest BCUT2D eigenvalue weighted by Crippen LogP contribution is 2.20. The molecule has 1 nitrogen and oxygen atoms in total. The summed E-state index contributed by atoms with van der Waals surface area (Å²) >= 11 is 0. The van der Waals surface area contributed by atoms with Crippen LogP contribution in [0.15, 0.2) is 12.7 Å². The molecule has 0 unspecified atom stereocenters. The van der Waals surface area contributed by atoms with Crippen molar-refractivity contribution in [1.82, 2.24) is 5.32 Å². The van der Waals surface area contributed by atoms with Crippen LogP contribution in [0.2, 0.25) is 0 Å². The molecular weight excluding hydrogens is 141 g/mol. The molecule has 9 heavy (non-hydrogen) atoms. The Balaban J connectivity index is 0.000000640. The summed E-state index contributed by atoms with van der Waals surface area (Å²) in [6, 6.07) is 0. The number of halogens is 2. The molecule has 0 atom stereocenters.